The first kappa shape index (κ1) is 20.0. The average molecular weight is 418 g/mol. The molecule has 2 aromatic rings. The molecule has 0 spiro atoms. The van der Waals surface area contributed by atoms with Gasteiger partial charge in [0, 0.05) is 24.5 Å². The third kappa shape index (κ3) is 4.94. The van der Waals surface area contributed by atoms with Gasteiger partial charge >= 0.3 is 22.3 Å². The van der Waals surface area contributed by atoms with Crippen LogP contribution in [0.3, 0.4) is 0 Å². The molecule has 1 aromatic carbocycles. The summed E-state index contributed by atoms with van der Waals surface area (Å²) in [6, 6.07) is 6.29. The van der Waals surface area contributed by atoms with Crippen molar-refractivity contribution in [2.24, 2.45) is 0 Å². The Kier molecular flexibility index (Phi) is 5.77. The zero-order chi connectivity index (χ0) is 20.2. The van der Waals surface area contributed by atoms with Crippen LogP contribution in [0.4, 0.5) is 13.2 Å². The first-order valence-corrected chi connectivity index (χ1v) is 9.80. The summed E-state index contributed by atoms with van der Waals surface area (Å²) in [5, 5.41) is 3.32. The highest BCUT2D eigenvalue weighted by molar-refractivity contribution is 7.87. The lowest BCUT2D eigenvalue weighted by Gasteiger charge is -2.14. The van der Waals surface area contributed by atoms with Crippen molar-refractivity contribution >= 4 is 10.2 Å². The molecule has 0 saturated heterocycles. The number of hydrogen-bond donors (Lipinski definition) is 1. The molecule has 0 fully saturated rings. The Hall–Kier alpha value is -2.76. The van der Waals surface area contributed by atoms with Gasteiger partial charge in [-0.25, -0.2) is 0 Å². The Morgan fingerprint density at radius 3 is 2.50 bits per heavy atom. The van der Waals surface area contributed by atoms with Crippen LogP contribution >= 0.6 is 0 Å². The van der Waals surface area contributed by atoms with Gasteiger partial charge in [0.1, 0.15) is 5.75 Å². The quantitative estimate of drug-likeness (QED) is 0.662. The normalized spacial score (nSPS) is 15.6. The molecule has 0 saturated carbocycles. The van der Waals surface area contributed by atoms with Crippen molar-refractivity contribution in [1.82, 2.24) is 19.2 Å². The molecule has 3 rings (SSSR count). The second kappa shape index (κ2) is 8.09. The zero-order valence-corrected chi connectivity index (χ0v) is 15.3. The van der Waals surface area contributed by atoms with Crippen molar-refractivity contribution < 1.29 is 30.8 Å². The lowest BCUT2D eigenvalue weighted by molar-refractivity contribution is -0.159. The first-order chi connectivity index (χ1) is 13.3. The average Bonchev–Trinajstić information content (AvgIpc) is 3.25. The molecule has 0 aliphatic carbocycles. The number of ether oxygens (including phenoxy) is 1. The summed E-state index contributed by atoms with van der Waals surface area (Å²) in [4.78, 5) is 3.32. The van der Waals surface area contributed by atoms with E-state index in [1.807, 2.05) is 0 Å². The SMILES string of the molecule is O=S1(=O)NC=CN1CCCCCOc1ccc(-c2noc(C(F)(F)F)n2)cc1. The van der Waals surface area contributed by atoms with Crippen molar-refractivity contribution in [2.75, 3.05) is 13.2 Å². The van der Waals surface area contributed by atoms with Crippen LogP contribution in [-0.2, 0) is 16.4 Å². The van der Waals surface area contributed by atoms with E-state index in [0.717, 1.165) is 12.8 Å². The standard InChI is InChI=1S/C16H17F3N4O4S/c17-16(18,19)15-21-14(22-27-15)12-4-6-13(7-5-12)26-11-3-1-2-9-23-10-8-20-28(23,24)25/h4-8,10,20H,1-3,9,11H2. The van der Waals surface area contributed by atoms with Crippen LogP contribution in [0.25, 0.3) is 11.4 Å². The zero-order valence-electron chi connectivity index (χ0n) is 14.5. The number of hydrogen-bond acceptors (Lipinski definition) is 6. The van der Waals surface area contributed by atoms with Gasteiger partial charge in [-0.05, 0) is 43.5 Å². The van der Waals surface area contributed by atoms with E-state index in [2.05, 4.69) is 19.4 Å². The Balaban J connectivity index is 1.40. The Labute approximate surface area is 159 Å². The minimum atomic E-state index is -4.68. The predicted molar refractivity (Wildman–Crippen MR) is 92.0 cm³/mol. The van der Waals surface area contributed by atoms with Crippen molar-refractivity contribution in [1.29, 1.82) is 0 Å². The predicted octanol–water partition coefficient (Wildman–Crippen LogP) is 2.93. The van der Waals surface area contributed by atoms with Crippen LogP contribution in [-0.4, -0.2) is 36.0 Å². The number of nitrogens with zero attached hydrogens (tertiary/aromatic N) is 3. The van der Waals surface area contributed by atoms with Crippen LogP contribution < -0.4 is 9.46 Å². The highest BCUT2D eigenvalue weighted by Crippen LogP contribution is 2.29. The Morgan fingerprint density at radius 2 is 1.89 bits per heavy atom. The van der Waals surface area contributed by atoms with Crippen LogP contribution in [0, 0.1) is 0 Å². The third-order valence-corrected chi connectivity index (χ3v) is 5.19. The van der Waals surface area contributed by atoms with E-state index < -0.39 is 22.3 Å². The molecule has 2 heterocycles. The molecule has 152 valence electrons. The maximum atomic E-state index is 12.5. The lowest BCUT2D eigenvalue weighted by atomic mass is 10.2. The molecule has 28 heavy (non-hydrogen) atoms. The minimum absolute atomic E-state index is 0.153. The van der Waals surface area contributed by atoms with E-state index in [4.69, 9.17) is 4.74 Å². The maximum Gasteiger partial charge on any atom is 0.471 e. The van der Waals surface area contributed by atoms with Gasteiger partial charge in [-0.3, -0.25) is 9.03 Å². The molecule has 1 aromatic heterocycles. The number of nitrogens with one attached hydrogen (secondary N) is 1. The van der Waals surface area contributed by atoms with Crippen LogP contribution in [0.15, 0.2) is 41.2 Å². The molecule has 0 bridgehead atoms. The van der Waals surface area contributed by atoms with Gasteiger partial charge in [0.05, 0.1) is 6.61 Å². The molecule has 0 amide bonds. The monoisotopic (exact) mass is 418 g/mol. The van der Waals surface area contributed by atoms with E-state index in [1.54, 1.807) is 12.1 Å². The first-order valence-electron chi connectivity index (χ1n) is 8.36. The number of alkyl halides is 3. The number of rotatable bonds is 8. The van der Waals surface area contributed by atoms with Crippen molar-refractivity contribution in [3.8, 4) is 17.1 Å². The van der Waals surface area contributed by atoms with Crippen molar-refractivity contribution in [3.05, 3.63) is 42.6 Å². The molecule has 1 aliphatic rings. The highest BCUT2D eigenvalue weighted by atomic mass is 32.2. The van der Waals surface area contributed by atoms with Gasteiger partial charge < -0.3 is 9.26 Å². The van der Waals surface area contributed by atoms with Gasteiger partial charge in [-0.1, -0.05) is 5.16 Å². The van der Waals surface area contributed by atoms with Crippen molar-refractivity contribution in [2.45, 2.75) is 25.4 Å². The number of halogens is 3. The van der Waals surface area contributed by atoms with Gasteiger partial charge in [0.15, 0.2) is 0 Å². The summed E-state index contributed by atoms with van der Waals surface area (Å²) in [6.45, 7) is 0.825. The molecule has 0 unspecified atom stereocenters. The highest BCUT2D eigenvalue weighted by Gasteiger charge is 2.38. The van der Waals surface area contributed by atoms with E-state index in [-0.39, 0.29) is 5.82 Å². The van der Waals surface area contributed by atoms with E-state index in [9.17, 15) is 21.6 Å². The molecule has 0 radical (unpaired) electrons. The van der Waals surface area contributed by atoms with Gasteiger partial charge in [0.25, 0.3) is 0 Å². The Bertz CT molecular complexity index is 926. The fraction of sp³-hybridized carbons (Fsp3) is 0.375. The van der Waals surface area contributed by atoms with E-state index in [0.29, 0.717) is 30.9 Å². The molecule has 1 aliphatic heterocycles. The molecular formula is C16H17F3N4O4S. The number of aromatic nitrogens is 2. The smallest absolute Gasteiger partial charge is 0.471 e. The molecule has 1 N–H and O–H groups in total. The van der Waals surface area contributed by atoms with Gasteiger partial charge in [0.2, 0.25) is 5.82 Å². The van der Waals surface area contributed by atoms with Crippen LogP contribution in [0.1, 0.15) is 25.2 Å². The fourth-order valence-electron chi connectivity index (χ4n) is 2.43. The summed E-state index contributed by atoms with van der Waals surface area (Å²) >= 11 is 0. The fourth-order valence-corrected chi connectivity index (χ4v) is 3.39. The topological polar surface area (TPSA) is 97.6 Å². The lowest BCUT2D eigenvalue weighted by Crippen LogP contribution is -2.29. The molecule has 8 nitrogen and oxygen atoms in total. The van der Waals surface area contributed by atoms with E-state index in [1.165, 1.54) is 28.8 Å². The van der Waals surface area contributed by atoms with Crippen molar-refractivity contribution in [3.63, 3.8) is 0 Å². The molecular weight excluding hydrogens is 401 g/mol. The second-order valence-corrected chi connectivity index (χ2v) is 7.56. The van der Waals surface area contributed by atoms with E-state index >= 15 is 0 Å². The van der Waals surface area contributed by atoms with Gasteiger partial charge in [-0.2, -0.15) is 26.6 Å². The molecule has 12 heteroatoms. The second-order valence-electron chi connectivity index (χ2n) is 5.90. The number of benzene rings is 1. The minimum Gasteiger partial charge on any atom is -0.494 e. The van der Waals surface area contributed by atoms with Crippen LogP contribution in [0.2, 0.25) is 0 Å². The Morgan fingerprint density at radius 1 is 1.14 bits per heavy atom. The maximum absolute atomic E-state index is 12.5. The summed E-state index contributed by atoms with van der Waals surface area (Å²) in [5.41, 5.74) is 0.375. The summed E-state index contributed by atoms with van der Waals surface area (Å²) in [5.74, 6) is -0.993. The largest absolute Gasteiger partial charge is 0.494 e. The summed E-state index contributed by atoms with van der Waals surface area (Å²) in [6.07, 6.45) is 0.371. The van der Waals surface area contributed by atoms with Crippen LogP contribution in [0.5, 0.6) is 5.75 Å². The summed E-state index contributed by atoms with van der Waals surface area (Å²) < 4.78 is 73.7. The molecule has 0 atom stereocenters. The summed E-state index contributed by atoms with van der Waals surface area (Å²) in [7, 11) is -3.39. The van der Waals surface area contributed by atoms with Gasteiger partial charge in [-0.15, -0.1) is 0 Å². The number of unbranched alkanes of at least 4 members (excludes halogenated alkanes) is 2. The third-order valence-electron chi connectivity index (χ3n) is 3.84.